The molecule has 1 amide bonds. The third-order valence-corrected chi connectivity index (χ3v) is 3.77. The van der Waals surface area contributed by atoms with Gasteiger partial charge in [-0.3, -0.25) is 4.79 Å². The summed E-state index contributed by atoms with van der Waals surface area (Å²) in [4.78, 5) is 11.7. The Kier molecular flexibility index (Phi) is 8.64. The molecule has 9 heteroatoms. The van der Waals surface area contributed by atoms with Gasteiger partial charge in [0, 0.05) is 19.7 Å². The summed E-state index contributed by atoms with van der Waals surface area (Å²) in [7, 11) is 0. The molecule has 0 radical (unpaired) electrons. The van der Waals surface area contributed by atoms with Crippen molar-refractivity contribution < 1.29 is 27.8 Å². The summed E-state index contributed by atoms with van der Waals surface area (Å²) in [5, 5.41) is 15.4. The number of halogens is 4. The van der Waals surface area contributed by atoms with Crippen molar-refractivity contribution in [2.24, 2.45) is 0 Å². The van der Waals surface area contributed by atoms with Crippen molar-refractivity contribution in [2.75, 3.05) is 26.2 Å². The molecule has 0 aliphatic carbocycles. The first-order valence-electron chi connectivity index (χ1n) is 7.80. The zero-order valence-corrected chi connectivity index (χ0v) is 14.3. The number of aliphatic hydroxyl groups excluding tert-OH is 1. The van der Waals surface area contributed by atoms with Crippen molar-refractivity contribution in [2.45, 2.75) is 31.2 Å². The van der Waals surface area contributed by atoms with Gasteiger partial charge < -0.3 is 20.5 Å². The molecular weight excluding hydrogens is 361 g/mol. The van der Waals surface area contributed by atoms with Gasteiger partial charge in [0.2, 0.25) is 5.91 Å². The number of amides is 1. The van der Waals surface area contributed by atoms with E-state index in [9.17, 15) is 23.1 Å². The van der Waals surface area contributed by atoms with Crippen molar-refractivity contribution >= 4 is 18.3 Å². The summed E-state index contributed by atoms with van der Waals surface area (Å²) in [6.07, 6.45) is -3.57. The predicted octanol–water partition coefficient (Wildman–Crippen LogP) is 2.05. The fourth-order valence-corrected chi connectivity index (χ4v) is 2.47. The largest absolute Gasteiger partial charge is 0.416 e. The molecule has 1 aliphatic heterocycles. The van der Waals surface area contributed by atoms with Crippen molar-refractivity contribution in [3.63, 3.8) is 0 Å². The Morgan fingerprint density at radius 2 is 2.16 bits per heavy atom. The standard InChI is InChI=1S/C16H21F3N2O3.ClH/c17-16(18,19)12-4-1-3-11(7-12)14(22)9-21-15(23)10-20-8-13-5-2-6-24-13;/h1,3-4,7,13-14,20,22H,2,5-6,8-10H2,(H,21,23);1H. The lowest BCUT2D eigenvalue weighted by molar-refractivity contribution is -0.137. The zero-order chi connectivity index (χ0) is 17.6. The van der Waals surface area contributed by atoms with E-state index in [0.717, 1.165) is 31.6 Å². The van der Waals surface area contributed by atoms with Crippen LogP contribution in [0.3, 0.4) is 0 Å². The molecule has 1 saturated heterocycles. The Labute approximate surface area is 150 Å². The molecule has 1 aliphatic rings. The van der Waals surface area contributed by atoms with Gasteiger partial charge in [0.15, 0.2) is 0 Å². The van der Waals surface area contributed by atoms with E-state index >= 15 is 0 Å². The van der Waals surface area contributed by atoms with E-state index in [1.54, 1.807) is 0 Å². The maximum absolute atomic E-state index is 12.6. The number of hydrogen-bond donors (Lipinski definition) is 3. The van der Waals surface area contributed by atoms with Crippen molar-refractivity contribution in [3.05, 3.63) is 35.4 Å². The van der Waals surface area contributed by atoms with Gasteiger partial charge in [-0.05, 0) is 30.5 Å². The summed E-state index contributed by atoms with van der Waals surface area (Å²) in [6, 6.07) is 4.43. The summed E-state index contributed by atoms with van der Waals surface area (Å²) >= 11 is 0. The number of alkyl halides is 3. The summed E-state index contributed by atoms with van der Waals surface area (Å²) in [5.74, 6) is -0.334. The van der Waals surface area contributed by atoms with Crippen LogP contribution in [0.25, 0.3) is 0 Å². The first kappa shape index (κ1) is 21.7. The molecule has 1 aromatic carbocycles. The van der Waals surface area contributed by atoms with Crippen LogP contribution in [0.5, 0.6) is 0 Å². The number of hydrogen-bond acceptors (Lipinski definition) is 4. The highest BCUT2D eigenvalue weighted by Crippen LogP contribution is 2.30. The highest BCUT2D eigenvalue weighted by atomic mass is 35.5. The van der Waals surface area contributed by atoms with Gasteiger partial charge in [-0.1, -0.05) is 12.1 Å². The molecule has 2 rings (SSSR count). The van der Waals surface area contributed by atoms with Crippen LogP contribution in [0.15, 0.2) is 24.3 Å². The summed E-state index contributed by atoms with van der Waals surface area (Å²) in [5.41, 5.74) is -0.721. The molecule has 3 N–H and O–H groups in total. The fraction of sp³-hybridized carbons (Fsp3) is 0.562. The number of benzene rings is 1. The van der Waals surface area contributed by atoms with Crippen LogP contribution >= 0.6 is 12.4 Å². The van der Waals surface area contributed by atoms with Crippen molar-refractivity contribution in [1.82, 2.24) is 10.6 Å². The smallest absolute Gasteiger partial charge is 0.387 e. The molecule has 0 spiro atoms. The minimum Gasteiger partial charge on any atom is -0.387 e. The van der Waals surface area contributed by atoms with E-state index < -0.39 is 17.8 Å². The lowest BCUT2D eigenvalue weighted by Gasteiger charge is -2.15. The minimum atomic E-state index is -4.47. The number of aliphatic hydroxyl groups is 1. The Hall–Kier alpha value is -1.35. The monoisotopic (exact) mass is 382 g/mol. The van der Waals surface area contributed by atoms with E-state index in [1.807, 2.05) is 0 Å². The number of nitrogens with one attached hydrogen (secondary N) is 2. The Morgan fingerprint density at radius 3 is 2.80 bits per heavy atom. The molecule has 2 atom stereocenters. The molecule has 0 bridgehead atoms. The van der Waals surface area contributed by atoms with Crippen molar-refractivity contribution in [3.8, 4) is 0 Å². The first-order chi connectivity index (χ1) is 11.4. The molecule has 1 aromatic rings. The normalized spacial score (nSPS) is 18.5. The quantitative estimate of drug-likeness (QED) is 0.675. The number of carbonyl (C=O) groups is 1. The van der Waals surface area contributed by atoms with E-state index in [2.05, 4.69) is 10.6 Å². The van der Waals surface area contributed by atoms with Crippen molar-refractivity contribution in [1.29, 1.82) is 0 Å². The van der Waals surface area contributed by atoms with Crippen LogP contribution in [-0.2, 0) is 15.7 Å². The Bertz CT molecular complexity index is 552. The van der Waals surface area contributed by atoms with E-state index in [-0.39, 0.29) is 43.1 Å². The molecule has 0 saturated carbocycles. The van der Waals surface area contributed by atoms with Crippen LogP contribution in [0.2, 0.25) is 0 Å². The van der Waals surface area contributed by atoms with E-state index in [0.29, 0.717) is 6.54 Å². The molecule has 2 unspecified atom stereocenters. The maximum atomic E-state index is 12.6. The number of rotatable bonds is 7. The Morgan fingerprint density at radius 1 is 1.40 bits per heavy atom. The first-order valence-corrected chi connectivity index (χ1v) is 7.80. The average molecular weight is 383 g/mol. The lowest BCUT2D eigenvalue weighted by atomic mass is 10.1. The summed E-state index contributed by atoms with van der Waals surface area (Å²) in [6.45, 7) is 1.22. The Balaban J connectivity index is 0.00000312. The second kappa shape index (κ2) is 9.96. The summed E-state index contributed by atoms with van der Waals surface area (Å²) < 4.78 is 43.3. The van der Waals surface area contributed by atoms with Gasteiger partial charge in [-0.15, -0.1) is 12.4 Å². The van der Waals surface area contributed by atoms with Gasteiger partial charge in [0.25, 0.3) is 0 Å². The SMILES string of the molecule is Cl.O=C(CNCC1CCCO1)NCC(O)c1cccc(C(F)(F)F)c1. The van der Waals surface area contributed by atoms with Gasteiger partial charge in [-0.2, -0.15) is 13.2 Å². The second-order valence-corrected chi connectivity index (χ2v) is 5.71. The average Bonchev–Trinajstić information content (AvgIpc) is 3.05. The highest BCUT2D eigenvalue weighted by Gasteiger charge is 2.30. The molecule has 0 aromatic heterocycles. The van der Waals surface area contributed by atoms with Gasteiger partial charge >= 0.3 is 6.18 Å². The van der Waals surface area contributed by atoms with Gasteiger partial charge in [0.1, 0.15) is 0 Å². The van der Waals surface area contributed by atoms with Crippen LogP contribution in [0.1, 0.15) is 30.1 Å². The van der Waals surface area contributed by atoms with E-state index in [4.69, 9.17) is 4.74 Å². The second-order valence-electron chi connectivity index (χ2n) is 5.71. The molecule has 142 valence electrons. The number of ether oxygens (including phenoxy) is 1. The minimum absolute atomic E-state index is 0. The fourth-order valence-electron chi connectivity index (χ4n) is 2.47. The highest BCUT2D eigenvalue weighted by molar-refractivity contribution is 5.85. The van der Waals surface area contributed by atoms with Gasteiger partial charge in [-0.25, -0.2) is 0 Å². The lowest BCUT2D eigenvalue weighted by Crippen LogP contribution is -2.38. The molecule has 1 heterocycles. The van der Waals surface area contributed by atoms with E-state index in [1.165, 1.54) is 12.1 Å². The molecule has 25 heavy (non-hydrogen) atoms. The predicted molar refractivity (Wildman–Crippen MR) is 88.5 cm³/mol. The van der Waals surface area contributed by atoms with Crippen LogP contribution in [-0.4, -0.2) is 43.4 Å². The van der Waals surface area contributed by atoms with Crippen LogP contribution in [0.4, 0.5) is 13.2 Å². The maximum Gasteiger partial charge on any atom is 0.416 e. The third kappa shape index (κ3) is 7.19. The topological polar surface area (TPSA) is 70.6 Å². The number of carbonyl (C=O) groups excluding carboxylic acids is 1. The van der Waals surface area contributed by atoms with Crippen LogP contribution < -0.4 is 10.6 Å². The molecular formula is C16H22ClF3N2O3. The van der Waals surface area contributed by atoms with Gasteiger partial charge in [0.05, 0.1) is 24.3 Å². The molecule has 5 nitrogen and oxygen atoms in total. The van der Waals surface area contributed by atoms with Crippen LogP contribution in [0, 0.1) is 0 Å². The molecule has 1 fully saturated rings. The zero-order valence-electron chi connectivity index (χ0n) is 13.5. The third-order valence-electron chi connectivity index (χ3n) is 3.77.